The Balaban J connectivity index is 1.88. The molecule has 0 radical (unpaired) electrons. The maximum Gasteiger partial charge on any atom is 0.253 e. The SMILES string of the molecule is COCC(=O)Nc1cc(C(=O)NCCCOC(C)C)c2c(c1)ncn2Cc1ccc(F)cc1. The van der Waals surface area contributed by atoms with Crippen LogP contribution in [0.4, 0.5) is 10.1 Å². The molecule has 0 spiro atoms. The predicted octanol–water partition coefficient (Wildman–Crippen LogP) is 3.35. The molecule has 8 nitrogen and oxygen atoms in total. The summed E-state index contributed by atoms with van der Waals surface area (Å²) in [6, 6.07) is 9.50. The molecule has 0 saturated carbocycles. The fourth-order valence-electron chi connectivity index (χ4n) is 3.38. The van der Waals surface area contributed by atoms with Gasteiger partial charge in [0.1, 0.15) is 12.4 Å². The lowest BCUT2D eigenvalue weighted by Crippen LogP contribution is -2.26. The maximum absolute atomic E-state index is 13.3. The van der Waals surface area contributed by atoms with Crippen molar-refractivity contribution >= 4 is 28.5 Å². The Kier molecular flexibility index (Phi) is 8.51. The van der Waals surface area contributed by atoms with Gasteiger partial charge in [-0.3, -0.25) is 9.59 Å². The van der Waals surface area contributed by atoms with E-state index in [0.717, 1.165) is 5.56 Å². The molecule has 2 amide bonds. The molecule has 0 saturated heterocycles. The molecule has 33 heavy (non-hydrogen) atoms. The molecule has 3 aromatic rings. The normalized spacial score (nSPS) is 11.2. The number of nitrogens with zero attached hydrogens (tertiary/aromatic N) is 2. The molecule has 0 atom stereocenters. The van der Waals surface area contributed by atoms with Gasteiger partial charge in [0.05, 0.1) is 29.0 Å². The molecule has 0 aliphatic heterocycles. The van der Waals surface area contributed by atoms with Gasteiger partial charge in [0.2, 0.25) is 5.91 Å². The van der Waals surface area contributed by atoms with Gasteiger partial charge in [0, 0.05) is 32.5 Å². The standard InChI is InChI=1S/C24H29FN4O4/c1-16(2)33-10-4-9-26-24(31)20-11-19(28-22(30)14-32-3)12-21-23(20)29(15-27-21)13-17-5-7-18(25)8-6-17/h5-8,11-12,15-16H,4,9-10,13-14H2,1-3H3,(H,26,31)(H,28,30). The molecule has 0 unspecified atom stereocenters. The summed E-state index contributed by atoms with van der Waals surface area (Å²) in [6.07, 6.45) is 2.43. The van der Waals surface area contributed by atoms with E-state index in [4.69, 9.17) is 9.47 Å². The number of amides is 2. The number of hydrogen-bond donors (Lipinski definition) is 2. The number of anilines is 1. The van der Waals surface area contributed by atoms with Crippen molar-refractivity contribution < 1.29 is 23.5 Å². The third-order valence-corrected chi connectivity index (χ3v) is 4.84. The largest absolute Gasteiger partial charge is 0.379 e. The summed E-state index contributed by atoms with van der Waals surface area (Å²) in [7, 11) is 1.43. The van der Waals surface area contributed by atoms with Gasteiger partial charge in [-0.05, 0) is 50.1 Å². The summed E-state index contributed by atoms with van der Waals surface area (Å²) < 4.78 is 25.5. The topological polar surface area (TPSA) is 94.5 Å². The first-order valence-corrected chi connectivity index (χ1v) is 10.8. The average molecular weight is 457 g/mol. The maximum atomic E-state index is 13.3. The van der Waals surface area contributed by atoms with E-state index in [0.29, 0.717) is 48.4 Å². The summed E-state index contributed by atoms with van der Waals surface area (Å²) in [5.41, 5.74) is 2.88. The van der Waals surface area contributed by atoms with Crippen LogP contribution in [-0.2, 0) is 20.8 Å². The Bertz CT molecular complexity index is 1100. The minimum Gasteiger partial charge on any atom is -0.379 e. The number of hydrogen-bond acceptors (Lipinski definition) is 5. The second kappa shape index (κ2) is 11.5. The number of halogens is 1. The van der Waals surface area contributed by atoms with E-state index in [1.165, 1.54) is 19.2 Å². The van der Waals surface area contributed by atoms with Crippen LogP contribution in [0.2, 0.25) is 0 Å². The van der Waals surface area contributed by atoms with Gasteiger partial charge in [0.25, 0.3) is 5.91 Å². The van der Waals surface area contributed by atoms with Crippen molar-refractivity contribution in [2.75, 3.05) is 32.2 Å². The monoisotopic (exact) mass is 456 g/mol. The van der Waals surface area contributed by atoms with Crippen molar-refractivity contribution in [3.63, 3.8) is 0 Å². The Labute approximate surface area is 192 Å². The average Bonchev–Trinajstić information content (AvgIpc) is 3.17. The number of nitrogens with one attached hydrogen (secondary N) is 2. The molecule has 0 aliphatic rings. The Morgan fingerprint density at radius 3 is 2.64 bits per heavy atom. The van der Waals surface area contributed by atoms with E-state index in [-0.39, 0.29) is 30.3 Å². The first kappa shape index (κ1) is 24.3. The van der Waals surface area contributed by atoms with E-state index in [1.54, 1.807) is 30.6 Å². The van der Waals surface area contributed by atoms with Gasteiger partial charge in [-0.1, -0.05) is 12.1 Å². The number of ether oxygens (including phenoxy) is 2. The summed E-state index contributed by atoms with van der Waals surface area (Å²) >= 11 is 0. The molecule has 2 N–H and O–H groups in total. The number of rotatable bonds is 11. The third kappa shape index (κ3) is 6.84. The van der Waals surface area contributed by atoms with E-state index >= 15 is 0 Å². The summed E-state index contributed by atoms with van der Waals surface area (Å²) in [5, 5.41) is 5.64. The van der Waals surface area contributed by atoms with Crippen LogP contribution in [0, 0.1) is 5.82 Å². The van der Waals surface area contributed by atoms with E-state index in [9.17, 15) is 14.0 Å². The van der Waals surface area contributed by atoms with Crippen LogP contribution in [0.1, 0.15) is 36.2 Å². The molecular weight excluding hydrogens is 427 g/mol. The zero-order valence-electron chi connectivity index (χ0n) is 19.1. The van der Waals surface area contributed by atoms with Gasteiger partial charge >= 0.3 is 0 Å². The van der Waals surface area contributed by atoms with Crippen molar-refractivity contribution in [2.24, 2.45) is 0 Å². The molecule has 1 aromatic heterocycles. The van der Waals surface area contributed by atoms with Crippen LogP contribution in [0.3, 0.4) is 0 Å². The Morgan fingerprint density at radius 2 is 1.94 bits per heavy atom. The number of imidazole rings is 1. The zero-order chi connectivity index (χ0) is 23.8. The van der Waals surface area contributed by atoms with Crippen LogP contribution >= 0.6 is 0 Å². The first-order chi connectivity index (χ1) is 15.9. The lowest BCUT2D eigenvalue weighted by molar-refractivity contribution is -0.119. The summed E-state index contributed by atoms with van der Waals surface area (Å²) in [4.78, 5) is 29.5. The minimum atomic E-state index is -0.334. The number of methoxy groups -OCH3 is 1. The number of carbonyl (C=O) groups excluding carboxylic acids is 2. The molecule has 1 heterocycles. The third-order valence-electron chi connectivity index (χ3n) is 4.84. The van der Waals surface area contributed by atoms with Gasteiger partial charge in [-0.25, -0.2) is 9.37 Å². The fraction of sp³-hybridized carbons (Fsp3) is 0.375. The molecule has 3 rings (SSSR count). The molecule has 0 fully saturated rings. The van der Waals surface area contributed by atoms with Gasteiger partial charge in [0.15, 0.2) is 0 Å². The second-order valence-electron chi connectivity index (χ2n) is 7.90. The lowest BCUT2D eigenvalue weighted by Gasteiger charge is -2.13. The molecule has 0 bridgehead atoms. The number of benzene rings is 2. The number of carbonyl (C=O) groups is 2. The van der Waals surface area contributed by atoms with Crippen LogP contribution < -0.4 is 10.6 Å². The zero-order valence-corrected chi connectivity index (χ0v) is 19.1. The Morgan fingerprint density at radius 1 is 1.18 bits per heavy atom. The molecule has 176 valence electrons. The van der Waals surface area contributed by atoms with E-state index in [1.807, 2.05) is 18.4 Å². The highest BCUT2D eigenvalue weighted by Crippen LogP contribution is 2.25. The Hall–Kier alpha value is -3.30. The van der Waals surface area contributed by atoms with Gasteiger partial charge < -0.3 is 24.7 Å². The molecular formula is C24H29FN4O4. The summed E-state index contributed by atoms with van der Waals surface area (Å²) in [5.74, 6) is -0.930. The van der Waals surface area contributed by atoms with Crippen LogP contribution in [0.5, 0.6) is 0 Å². The van der Waals surface area contributed by atoms with Crippen molar-refractivity contribution in [3.05, 3.63) is 59.7 Å². The van der Waals surface area contributed by atoms with Crippen molar-refractivity contribution in [2.45, 2.75) is 32.9 Å². The van der Waals surface area contributed by atoms with Gasteiger partial charge in [-0.15, -0.1) is 0 Å². The second-order valence-corrected chi connectivity index (χ2v) is 7.90. The minimum absolute atomic E-state index is 0.103. The first-order valence-electron chi connectivity index (χ1n) is 10.8. The van der Waals surface area contributed by atoms with E-state index < -0.39 is 0 Å². The predicted molar refractivity (Wildman–Crippen MR) is 124 cm³/mol. The highest BCUT2D eigenvalue weighted by atomic mass is 19.1. The van der Waals surface area contributed by atoms with Crippen LogP contribution in [-0.4, -0.2) is 54.3 Å². The molecule has 0 aliphatic carbocycles. The highest BCUT2D eigenvalue weighted by molar-refractivity contribution is 6.07. The molecule has 9 heteroatoms. The fourth-order valence-corrected chi connectivity index (χ4v) is 3.38. The number of fused-ring (bicyclic) bond motifs is 1. The van der Waals surface area contributed by atoms with Crippen molar-refractivity contribution in [1.82, 2.24) is 14.9 Å². The van der Waals surface area contributed by atoms with Crippen molar-refractivity contribution in [3.8, 4) is 0 Å². The van der Waals surface area contributed by atoms with E-state index in [2.05, 4.69) is 15.6 Å². The van der Waals surface area contributed by atoms with Crippen molar-refractivity contribution in [1.29, 1.82) is 0 Å². The smallest absolute Gasteiger partial charge is 0.253 e. The molecule has 2 aromatic carbocycles. The summed E-state index contributed by atoms with van der Waals surface area (Å²) in [6.45, 7) is 5.22. The lowest BCUT2D eigenvalue weighted by atomic mass is 10.1. The van der Waals surface area contributed by atoms with Crippen LogP contribution in [0.25, 0.3) is 11.0 Å². The highest BCUT2D eigenvalue weighted by Gasteiger charge is 2.17. The van der Waals surface area contributed by atoms with Gasteiger partial charge in [-0.2, -0.15) is 0 Å². The van der Waals surface area contributed by atoms with Crippen LogP contribution in [0.15, 0.2) is 42.7 Å². The number of aromatic nitrogens is 2. The quantitative estimate of drug-likeness (QED) is 0.432.